The van der Waals surface area contributed by atoms with Crippen LogP contribution in [0.3, 0.4) is 0 Å². The molecule has 16 heavy (non-hydrogen) atoms. The zero-order valence-electron chi connectivity index (χ0n) is 9.60. The molecule has 0 aliphatic rings. The summed E-state index contributed by atoms with van der Waals surface area (Å²) < 4.78 is 0. The summed E-state index contributed by atoms with van der Waals surface area (Å²) in [5.74, 6) is 0. The smallest absolute Gasteiger partial charge is 0.112 e. The lowest BCUT2D eigenvalue weighted by atomic mass is 10.1. The minimum atomic E-state index is -0.334. The fraction of sp³-hybridized carbons (Fsp3) is 0.308. The van der Waals surface area contributed by atoms with Gasteiger partial charge in [0.1, 0.15) is 5.01 Å². The highest BCUT2D eigenvalue weighted by Crippen LogP contribution is 2.22. The van der Waals surface area contributed by atoms with Gasteiger partial charge >= 0.3 is 0 Å². The van der Waals surface area contributed by atoms with Crippen molar-refractivity contribution in [3.05, 3.63) is 52.0 Å². The molecule has 0 bridgehead atoms. The number of nitrogens with two attached hydrogens (primary N) is 1. The van der Waals surface area contributed by atoms with Gasteiger partial charge in [0.2, 0.25) is 0 Å². The molecule has 2 N–H and O–H groups in total. The summed E-state index contributed by atoms with van der Waals surface area (Å²) in [5, 5.41) is 3.09. The number of hydrogen-bond donors (Lipinski definition) is 1. The monoisotopic (exact) mass is 232 g/mol. The molecule has 84 valence electrons. The number of nitrogens with zero attached hydrogens (tertiary/aromatic N) is 1. The summed E-state index contributed by atoms with van der Waals surface area (Å²) in [6.45, 7) is 3.97. The van der Waals surface area contributed by atoms with Crippen molar-refractivity contribution in [1.82, 2.24) is 4.98 Å². The maximum Gasteiger partial charge on any atom is 0.112 e. The summed E-state index contributed by atoms with van der Waals surface area (Å²) >= 11 is 1.64. The standard InChI is InChI=1S/C13H16N2S/c1-13(2,14)12-15-11(9-16-12)8-10-6-4-3-5-7-10/h3-7,9H,8,14H2,1-2H3. The Kier molecular flexibility index (Phi) is 3.08. The quantitative estimate of drug-likeness (QED) is 0.883. The van der Waals surface area contributed by atoms with E-state index >= 15 is 0 Å². The van der Waals surface area contributed by atoms with Crippen molar-refractivity contribution in [2.45, 2.75) is 25.8 Å². The Balaban J connectivity index is 2.15. The number of thiazole rings is 1. The van der Waals surface area contributed by atoms with Crippen LogP contribution in [0.4, 0.5) is 0 Å². The highest BCUT2D eigenvalue weighted by Gasteiger charge is 2.18. The van der Waals surface area contributed by atoms with E-state index in [-0.39, 0.29) is 5.54 Å². The highest BCUT2D eigenvalue weighted by molar-refractivity contribution is 7.09. The molecule has 1 aromatic heterocycles. The van der Waals surface area contributed by atoms with Gasteiger partial charge in [0.15, 0.2) is 0 Å². The minimum absolute atomic E-state index is 0.334. The third kappa shape index (κ3) is 2.68. The van der Waals surface area contributed by atoms with E-state index in [9.17, 15) is 0 Å². The Bertz CT molecular complexity index is 454. The first-order valence-electron chi connectivity index (χ1n) is 5.33. The number of aromatic nitrogens is 1. The number of rotatable bonds is 3. The summed E-state index contributed by atoms with van der Waals surface area (Å²) in [7, 11) is 0. The molecule has 0 saturated carbocycles. The van der Waals surface area contributed by atoms with Crippen LogP contribution in [-0.4, -0.2) is 4.98 Å². The molecule has 0 saturated heterocycles. The Hall–Kier alpha value is -1.19. The lowest BCUT2D eigenvalue weighted by molar-refractivity contribution is 0.549. The van der Waals surface area contributed by atoms with E-state index in [0.29, 0.717) is 0 Å². The molecule has 2 nitrogen and oxygen atoms in total. The van der Waals surface area contributed by atoms with E-state index < -0.39 is 0 Å². The number of benzene rings is 1. The average Bonchev–Trinajstić information content (AvgIpc) is 2.67. The van der Waals surface area contributed by atoms with E-state index in [4.69, 9.17) is 5.73 Å². The molecule has 0 atom stereocenters. The molecule has 1 aromatic carbocycles. The molecular weight excluding hydrogens is 216 g/mol. The third-order valence-electron chi connectivity index (χ3n) is 2.33. The fourth-order valence-corrected chi connectivity index (χ4v) is 2.35. The topological polar surface area (TPSA) is 38.9 Å². The first-order chi connectivity index (χ1) is 7.55. The van der Waals surface area contributed by atoms with Crippen molar-refractivity contribution in [2.75, 3.05) is 0 Å². The van der Waals surface area contributed by atoms with Gasteiger partial charge in [-0.25, -0.2) is 4.98 Å². The molecule has 0 radical (unpaired) electrons. The lowest BCUT2D eigenvalue weighted by Crippen LogP contribution is -2.28. The van der Waals surface area contributed by atoms with Crippen LogP contribution in [0.5, 0.6) is 0 Å². The molecule has 0 spiro atoms. The second-order valence-corrected chi connectivity index (χ2v) is 5.39. The maximum atomic E-state index is 6.01. The molecule has 0 amide bonds. The predicted octanol–water partition coefficient (Wildman–Crippen LogP) is 2.93. The minimum Gasteiger partial charge on any atom is -0.320 e. The predicted molar refractivity (Wildman–Crippen MR) is 68.6 cm³/mol. The Labute approximate surface area is 100 Å². The Morgan fingerprint density at radius 1 is 1.25 bits per heavy atom. The second kappa shape index (κ2) is 4.36. The average molecular weight is 232 g/mol. The Morgan fingerprint density at radius 2 is 1.94 bits per heavy atom. The molecule has 0 unspecified atom stereocenters. The van der Waals surface area contributed by atoms with E-state index in [0.717, 1.165) is 17.1 Å². The van der Waals surface area contributed by atoms with Crippen molar-refractivity contribution in [2.24, 2.45) is 5.73 Å². The van der Waals surface area contributed by atoms with Gasteiger partial charge in [-0.2, -0.15) is 0 Å². The van der Waals surface area contributed by atoms with Crippen LogP contribution in [0.2, 0.25) is 0 Å². The van der Waals surface area contributed by atoms with Gasteiger partial charge in [0, 0.05) is 11.8 Å². The van der Waals surface area contributed by atoms with Crippen LogP contribution < -0.4 is 5.73 Å². The first-order valence-corrected chi connectivity index (χ1v) is 6.21. The molecule has 2 rings (SSSR count). The van der Waals surface area contributed by atoms with Gasteiger partial charge in [-0.05, 0) is 19.4 Å². The zero-order chi connectivity index (χ0) is 11.6. The molecule has 0 aliphatic heterocycles. The highest BCUT2D eigenvalue weighted by atomic mass is 32.1. The van der Waals surface area contributed by atoms with E-state index in [1.807, 2.05) is 19.9 Å². The fourth-order valence-electron chi connectivity index (χ4n) is 1.49. The summed E-state index contributed by atoms with van der Waals surface area (Å²) in [5.41, 5.74) is 8.07. The van der Waals surface area contributed by atoms with E-state index in [2.05, 4.69) is 34.6 Å². The third-order valence-corrected chi connectivity index (χ3v) is 3.56. The maximum absolute atomic E-state index is 6.01. The van der Waals surface area contributed by atoms with Gasteiger partial charge in [-0.3, -0.25) is 0 Å². The lowest BCUT2D eigenvalue weighted by Gasteiger charge is -2.13. The van der Waals surface area contributed by atoms with Crippen molar-refractivity contribution < 1.29 is 0 Å². The first kappa shape index (κ1) is 11.3. The van der Waals surface area contributed by atoms with Gasteiger partial charge in [0.05, 0.1) is 11.2 Å². The van der Waals surface area contributed by atoms with Crippen molar-refractivity contribution in [3.8, 4) is 0 Å². The normalized spacial score (nSPS) is 11.7. The van der Waals surface area contributed by atoms with Gasteiger partial charge in [-0.15, -0.1) is 11.3 Å². The van der Waals surface area contributed by atoms with E-state index in [1.165, 1.54) is 5.56 Å². The molecule has 2 aromatic rings. The van der Waals surface area contributed by atoms with Crippen LogP contribution >= 0.6 is 11.3 Å². The summed E-state index contributed by atoms with van der Waals surface area (Å²) in [4.78, 5) is 4.57. The zero-order valence-corrected chi connectivity index (χ0v) is 10.4. The molecule has 0 fully saturated rings. The second-order valence-electron chi connectivity index (χ2n) is 4.53. The van der Waals surface area contributed by atoms with Crippen LogP contribution in [0.1, 0.15) is 30.1 Å². The molecule has 3 heteroatoms. The molecule has 0 aliphatic carbocycles. The molecule has 1 heterocycles. The number of hydrogen-bond acceptors (Lipinski definition) is 3. The van der Waals surface area contributed by atoms with Crippen LogP contribution in [-0.2, 0) is 12.0 Å². The SMILES string of the molecule is CC(C)(N)c1nc(Cc2ccccc2)cs1. The van der Waals surface area contributed by atoms with Gasteiger partial charge < -0.3 is 5.73 Å². The largest absolute Gasteiger partial charge is 0.320 e. The van der Waals surface area contributed by atoms with Crippen LogP contribution in [0, 0.1) is 0 Å². The van der Waals surface area contributed by atoms with Gasteiger partial charge in [-0.1, -0.05) is 30.3 Å². The summed E-state index contributed by atoms with van der Waals surface area (Å²) in [6.07, 6.45) is 0.882. The van der Waals surface area contributed by atoms with Crippen molar-refractivity contribution >= 4 is 11.3 Å². The van der Waals surface area contributed by atoms with Crippen LogP contribution in [0.15, 0.2) is 35.7 Å². The molecular formula is C13H16N2S. The Morgan fingerprint density at radius 3 is 2.50 bits per heavy atom. The van der Waals surface area contributed by atoms with Crippen LogP contribution in [0.25, 0.3) is 0 Å². The van der Waals surface area contributed by atoms with Crippen molar-refractivity contribution in [3.63, 3.8) is 0 Å². The van der Waals surface area contributed by atoms with Crippen molar-refractivity contribution in [1.29, 1.82) is 0 Å². The summed E-state index contributed by atoms with van der Waals surface area (Å²) in [6, 6.07) is 10.4. The van der Waals surface area contributed by atoms with Gasteiger partial charge in [0.25, 0.3) is 0 Å². The van der Waals surface area contributed by atoms with E-state index in [1.54, 1.807) is 11.3 Å².